The predicted octanol–water partition coefficient (Wildman–Crippen LogP) is 2.61. The number of nitrogens with two attached hydrogens (primary N) is 2. The number of carbonyl (C=O) groups is 1. The molecule has 0 aliphatic rings. The van der Waals surface area contributed by atoms with E-state index < -0.39 is 0 Å². The summed E-state index contributed by atoms with van der Waals surface area (Å²) >= 11 is 0. The number of ketones is 1. The molecule has 0 bridgehead atoms. The van der Waals surface area contributed by atoms with E-state index in [0.717, 1.165) is 22.5 Å². The van der Waals surface area contributed by atoms with Gasteiger partial charge in [-0.1, -0.05) is 0 Å². The Morgan fingerprint density at radius 1 is 0.844 bits per heavy atom. The highest BCUT2D eigenvalue weighted by molar-refractivity contribution is 5.90. The van der Waals surface area contributed by atoms with Gasteiger partial charge in [-0.3, -0.25) is 24.1 Å². The second kappa shape index (κ2) is 9.01. The van der Waals surface area contributed by atoms with Gasteiger partial charge in [0.2, 0.25) is 0 Å². The number of nitrogens with zero attached hydrogens (tertiary/aromatic N) is 6. The van der Waals surface area contributed by atoms with Gasteiger partial charge in [0.1, 0.15) is 5.78 Å². The summed E-state index contributed by atoms with van der Waals surface area (Å²) in [5, 5.41) is 8.42. The number of Topliss-reactive ketones (excluding diaryl/α,β-unsaturated/α-hetero) is 1. The van der Waals surface area contributed by atoms with Crippen molar-refractivity contribution in [2.75, 3.05) is 11.5 Å². The highest BCUT2D eigenvalue weighted by atomic mass is 16.1. The maximum absolute atomic E-state index is 13.2. The van der Waals surface area contributed by atoms with Crippen LogP contribution in [0.1, 0.15) is 48.2 Å². The molecule has 4 heterocycles. The van der Waals surface area contributed by atoms with E-state index in [1.54, 1.807) is 46.5 Å². The molecular formula is C23H26N8O. The first-order chi connectivity index (χ1) is 15.4. The standard InChI is InChI=1S/C23H26N8O/c1-15(21-7-17(3-5-26-21)11-30-13-19(24)9-28-30)23(32)16(2)22-8-18(4-6-27-22)12-31-14-20(25)10-29-31/h3-10,13-16H,11-12,24-25H2,1-2H3. The summed E-state index contributed by atoms with van der Waals surface area (Å²) in [6.07, 6.45) is 10.2. The molecule has 32 heavy (non-hydrogen) atoms. The molecule has 2 unspecified atom stereocenters. The molecule has 9 nitrogen and oxygen atoms in total. The second-order valence-electron chi connectivity index (χ2n) is 7.97. The Kier molecular flexibility index (Phi) is 5.98. The Bertz CT molecular complexity index is 1130. The maximum atomic E-state index is 13.2. The lowest BCUT2D eigenvalue weighted by atomic mass is 9.89. The topological polar surface area (TPSA) is 131 Å². The van der Waals surface area contributed by atoms with Crippen molar-refractivity contribution in [2.24, 2.45) is 0 Å². The van der Waals surface area contributed by atoms with E-state index in [9.17, 15) is 4.79 Å². The molecule has 0 saturated heterocycles. The molecule has 0 aromatic carbocycles. The highest BCUT2D eigenvalue weighted by Crippen LogP contribution is 2.25. The lowest BCUT2D eigenvalue weighted by Gasteiger charge is -2.17. The fourth-order valence-electron chi connectivity index (χ4n) is 3.63. The van der Waals surface area contributed by atoms with Crippen molar-refractivity contribution in [3.05, 3.63) is 84.0 Å². The van der Waals surface area contributed by atoms with Crippen molar-refractivity contribution in [1.82, 2.24) is 29.5 Å². The minimum absolute atomic E-state index is 0.0611. The van der Waals surface area contributed by atoms with E-state index in [1.165, 1.54) is 0 Å². The van der Waals surface area contributed by atoms with Gasteiger partial charge in [-0.05, 0) is 49.2 Å². The number of nitrogen functional groups attached to an aromatic ring is 2. The number of hydrogen-bond donors (Lipinski definition) is 2. The average molecular weight is 431 g/mol. The van der Waals surface area contributed by atoms with Crippen LogP contribution in [0.2, 0.25) is 0 Å². The van der Waals surface area contributed by atoms with Crippen LogP contribution in [0.25, 0.3) is 0 Å². The van der Waals surface area contributed by atoms with Crippen LogP contribution >= 0.6 is 0 Å². The van der Waals surface area contributed by atoms with Gasteiger partial charge in [-0.25, -0.2) is 0 Å². The molecule has 0 fully saturated rings. The van der Waals surface area contributed by atoms with E-state index in [0.29, 0.717) is 24.5 Å². The number of pyridine rings is 2. The molecule has 9 heteroatoms. The van der Waals surface area contributed by atoms with Crippen molar-refractivity contribution in [3.8, 4) is 0 Å². The molecular weight excluding hydrogens is 404 g/mol. The molecule has 164 valence electrons. The lowest BCUT2D eigenvalue weighted by Crippen LogP contribution is -2.19. The fraction of sp³-hybridized carbons (Fsp3) is 0.261. The summed E-state index contributed by atoms with van der Waals surface area (Å²) in [6, 6.07) is 7.71. The zero-order valence-electron chi connectivity index (χ0n) is 18.1. The van der Waals surface area contributed by atoms with Crippen molar-refractivity contribution in [3.63, 3.8) is 0 Å². The Labute approximate surface area is 186 Å². The van der Waals surface area contributed by atoms with E-state index in [2.05, 4.69) is 20.2 Å². The molecule has 2 atom stereocenters. The third kappa shape index (κ3) is 4.83. The molecule has 0 amide bonds. The van der Waals surface area contributed by atoms with Crippen LogP contribution in [0.4, 0.5) is 11.4 Å². The Balaban J connectivity index is 1.47. The van der Waals surface area contributed by atoms with Crippen LogP contribution < -0.4 is 11.5 Å². The third-order valence-corrected chi connectivity index (χ3v) is 5.43. The minimum atomic E-state index is -0.371. The van der Waals surface area contributed by atoms with Crippen molar-refractivity contribution in [1.29, 1.82) is 0 Å². The lowest BCUT2D eigenvalue weighted by molar-refractivity contribution is -0.121. The first kappa shape index (κ1) is 21.2. The largest absolute Gasteiger partial charge is 0.396 e. The van der Waals surface area contributed by atoms with E-state index in [1.807, 2.05) is 38.1 Å². The van der Waals surface area contributed by atoms with Crippen molar-refractivity contribution < 1.29 is 4.79 Å². The van der Waals surface area contributed by atoms with Crippen LogP contribution in [0.3, 0.4) is 0 Å². The van der Waals surface area contributed by atoms with Gasteiger partial charge in [0.25, 0.3) is 0 Å². The van der Waals surface area contributed by atoms with Crippen LogP contribution in [-0.4, -0.2) is 35.3 Å². The summed E-state index contributed by atoms with van der Waals surface area (Å²) in [5.41, 5.74) is 16.2. The smallest absolute Gasteiger partial charge is 0.150 e. The van der Waals surface area contributed by atoms with E-state index >= 15 is 0 Å². The zero-order valence-corrected chi connectivity index (χ0v) is 18.1. The van der Waals surface area contributed by atoms with Gasteiger partial charge >= 0.3 is 0 Å². The second-order valence-corrected chi connectivity index (χ2v) is 7.97. The number of aromatic nitrogens is 6. The average Bonchev–Trinajstić information content (AvgIpc) is 3.39. The number of hydrogen-bond acceptors (Lipinski definition) is 7. The summed E-state index contributed by atoms with van der Waals surface area (Å²) in [7, 11) is 0. The minimum Gasteiger partial charge on any atom is -0.396 e. The van der Waals surface area contributed by atoms with Gasteiger partial charge in [0.05, 0.1) is 60.1 Å². The van der Waals surface area contributed by atoms with Crippen LogP contribution in [0.15, 0.2) is 61.4 Å². The predicted molar refractivity (Wildman–Crippen MR) is 122 cm³/mol. The molecule has 4 rings (SSSR count). The monoisotopic (exact) mass is 430 g/mol. The van der Waals surface area contributed by atoms with Gasteiger partial charge in [0, 0.05) is 24.8 Å². The summed E-state index contributed by atoms with van der Waals surface area (Å²) < 4.78 is 3.51. The molecule has 0 saturated carbocycles. The number of rotatable bonds is 8. The van der Waals surface area contributed by atoms with Gasteiger partial charge in [-0.2, -0.15) is 10.2 Å². The molecule has 0 spiro atoms. The van der Waals surface area contributed by atoms with Crippen LogP contribution in [0, 0.1) is 0 Å². The summed E-state index contributed by atoms with van der Waals surface area (Å²) in [4.78, 5) is 22.1. The first-order valence-corrected chi connectivity index (χ1v) is 10.4. The fourth-order valence-corrected chi connectivity index (χ4v) is 3.63. The Morgan fingerprint density at radius 2 is 1.28 bits per heavy atom. The van der Waals surface area contributed by atoms with Gasteiger partial charge in [-0.15, -0.1) is 0 Å². The normalized spacial score (nSPS) is 13.1. The molecule has 0 aliphatic carbocycles. The van der Waals surface area contributed by atoms with Crippen LogP contribution in [0.5, 0.6) is 0 Å². The Hall–Kier alpha value is -4.01. The van der Waals surface area contributed by atoms with Gasteiger partial charge in [0.15, 0.2) is 0 Å². The molecule has 4 N–H and O–H groups in total. The molecule has 0 radical (unpaired) electrons. The SMILES string of the molecule is CC(C(=O)C(C)c1cc(Cn2cc(N)cn2)ccn1)c1cc(Cn2cc(N)cn2)ccn1. The van der Waals surface area contributed by atoms with Crippen molar-refractivity contribution >= 4 is 17.2 Å². The first-order valence-electron chi connectivity index (χ1n) is 10.4. The van der Waals surface area contributed by atoms with E-state index in [-0.39, 0.29) is 17.6 Å². The zero-order chi connectivity index (χ0) is 22.7. The van der Waals surface area contributed by atoms with Crippen LogP contribution in [-0.2, 0) is 17.9 Å². The highest BCUT2D eigenvalue weighted by Gasteiger charge is 2.25. The van der Waals surface area contributed by atoms with Gasteiger partial charge < -0.3 is 11.5 Å². The number of carbonyl (C=O) groups excluding carboxylic acids is 1. The van der Waals surface area contributed by atoms with Crippen molar-refractivity contribution in [2.45, 2.75) is 38.8 Å². The molecule has 4 aromatic rings. The third-order valence-electron chi connectivity index (χ3n) is 5.43. The Morgan fingerprint density at radius 3 is 1.66 bits per heavy atom. The quantitative estimate of drug-likeness (QED) is 0.439. The van der Waals surface area contributed by atoms with E-state index in [4.69, 9.17) is 11.5 Å². The molecule has 4 aromatic heterocycles. The maximum Gasteiger partial charge on any atom is 0.150 e. The summed E-state index contributed by atoms with van der Waals surface area (Å²) in [6.45, 7) is 4.88. The number of anilines is 2. The molecule has 0 aliphatic heterocycles. The summed E-state index contributed by atoms with van der Waals surface area (Å²) in [5.74, 6) is -0.681.